The molecule has 0 bridgehead atoms. The molecule has 4 nitrogen and oxygen atoms in total. The van der Waals surface area contributed by atoms with Gasteiger partial charge in [-0.05, 0) is 12.1 Å². The molecule has 1 aromatic heterocycles. The highest BCUT2D eigenvalue weighted by Gasteiger charge is 2.11. The number of nitrogen functional groups attached to an aromatic ring is 1. The average Bonchev–Trinajstić information content (AvgIpc) is 2.68. The molecule has 0 aliphatic rings. The Bertz CT molecular complexity index is 510. The SMILES string of the molecule is COCCn1ncc(Cl)c1-c1cccc(N)c1. The first-order chi connectivity index (χ1) is 8.22. The highest BCUT2D eigenvalue weighted by molar-refractivity contribution is 6.33. The van der Waals surface area contributed by atoms with Gasteiger partial charge in [0.2, 0.25) is 0 Å². The molecule has 2 aromatic rings. The summed E-state index contributed by atoms with van der Waals surface area (Å²) in [4.78, 5) is 0. The Kier molecular flexibility index (Phi) is 3.66. The number of benzene rings is 1. The Hall–Kier alpha value is -1.52. The third-order valence-corrected chi connectivity index (χ3v) is 2.74. The number of rotatable bonds is 4. The summed E-state index contributed by atoms with van der Waals surface area (Å²) in [7, 11) is 1.66. The minimum absolute atomic E-state index is 0.591. The van der Waals surface area contributed by atoms with Crippen LogP contribution in [0.5, 0.6) is 0 Å². The van der Waals surface area contributed by atoms with Gasteiger partial charge >= 0.3 is 0 Å². The van der Waals surface area contributed by atoms with Gasteiger partial charge in [0.25, 0.3) is 0 Å². The van der Waals surface area contributed by atoms with Crippen LogP contribution in [0, 0.1) is 0 Å². The molecule has 0 spiro atoms. The van der Waals surface area contributed by atoms with E-state index in [1.165, 1.54) is 0 Å². The molecule has 0 unspecified atom stereocenters. The highest BCUT2D eigenvalue weighted by atomic mass is 35.5. The van der Waals surface area contributed by atoms with Crippen LogP contribution in [0.2, 0.25) is 5.02 Å². The summed E-state index contributed by atoms with van der Waals surface area (Å²) in [6.07, 6.45) is 1.63. The first-order valence-corrected chi connectivity index (χ1v) is 5.66. The Morgan fingerprint density at radius 3 is 3.00 bits per heavy atom. The summed E-state index contributed by atoms with van der Waals surface area (Å²) < 4.78 is 6.86. The van der Waals surface area contributed by atoms with E-state index in [1.807, 2.05) is 28.9 Å². The molecule has 0 saturated carbocycles. The molecule has 1 aromatic carbocycles. The zero-order valence-corrected chi connectivity index (χ0v) is 10.3. The highest BCUT2D eigenvalue weighted by Crippen LogP contribution is 2.28. The lowest BCUT2D eigenvalue weighted by atomic mass is 10.1. The monoisotopic (exact) mass is 251 g/mol. The summed E-state index contributed by atoms with van der Waals surface area (Å²) in [6, 6.07) is 7.58. The first kappa shape index (κ1) is 12.0. The molecule has 1 heterocycles. The number of nitrogens with zero attached hydrogens (tertiary/aromatic N) is 2. The Labute approximate surface area is 105 Å². The predicted molar refractivity (Wildman–Crippen MR) is 69.0 cm³/mol. The summed E-state index contributed by atoms with van der Waals surface area (Å²) in [5, 5.41) is 4.84. The molecule has 0 aliphatic carbocycles. The Morgan fingerprint density at radius 2 is 2.29 bits per heavy atom. The molecule has 2 N–H and O–H groups in total. The maximum absolute atomic E-state index is 6.15. The molecule has 0 radical (unpaired) electrons. The molecule has 0 saturated heterocycles. The molecule has 0 aliphatic heterocycles. The van der Waals surface area contributed by atoms with Gasteiger partial charge in [0.05, 0.1) is 30.1 Å². The minimum atomic E-state index is 0.591. The van der Waals surface area contributed by atoms with E-state index in [0.29, 0.717) is 23.9 Å². The van der Waals surface area contributed by atoms with E-state index in [0.717, 1.165) is 11.3 Å². The van der Waals surface area contributed by atoms with Gasteiger partial charge in [-0.2, -0.15) is 5.10 Å². The number of hydrogen-bond donors (Lipinski definition) is 1. The van der Waals surface area contributed by atoms with Gasteiger partial charge in [-0.25, -0.2) is 0 Å². The van der Waals surface area contributed by atoms with Crippen LogP contribution >= 0.6 is 11.6 Å². The smallest absolute Gasteiger partial charge is 0.0870 e. The Balaban J connectivity index is 2.39. The molecule has 2 rings (SSSR count). The van der Waals surface area contributed by atoms with Crippen molar-refractivity contribution in [1.29, 1.82) is 0 Å². The van der Waals surface area contributed by atoms with Crippen LogP contribution in [-0.4, -0.2) is 23.5 Å². The van der Waals surface area contributed by atoms with Crippen molar-refractivity contribution in [1.82, 2.24) is 9.78 Å². The van der Waals surface area contributed by atoms with E-state index in [2.05, 4.69) is 5.10 Å². The van der Waals surface area contributed by atoms with Crippen molar-refractivity contribution in [2.75, 3.05) is 19.5 Å². The van der Waals surface area contributed by atoms with Crippen molar-refractivity contribution in [3.05, 3.63) is 35.5 Å². The van der Waals surface area contributed by atoms with E-state index in [4.69, 9.17) is 22.1 Å². The lowest BCUT2D eigenvalue weighted by molar-refractivity contribution is 0.184. The van der Waals surface area contributed by atoms with E-state index in [9.17, 15) is 0 Å². The van der Waals surface area contributed by atoms with Crippen LogP contribution in [0.15, 0.2) is 30.5 Å². The zero-order valence-electron chi connectivity index (χ0n) is 9.56. The van der Waals surface area contributed by atoms with Crippen molar-refractivity contribution in [2.24, 2.45) is 0 Å². The fraction of sp³-hybridized carbons (Fsp3) is 0.250. The maximum atomic E-state index is 6.15. The van der Waals surface area contributed by atoms with Gasteiger partial charge in [0.15, 0.2) is 0 Å². The van der Waals surface area contributed by atoms with E-state index >= 15 is 0 Å². The number of aromatic nitrogens is 2. The number of anilines is 1. The number of methoxy groups -OCH3 is 1. The molecule has 17 heavy (non-hydrogen) atoms. The first-order valence-electron chi connectivity index (χ1n) is 5.28. The molecule has 90 valence electrons. The predicted octanol–water partition coefficient (Wildman–Crippen LogP) is 2.43. The van der Waals surface area contributed by atoms with Gasteiger partial charge in [-0.15, -0.1) is 0 Å². The second-order valence-electron chi connectivity index (χ2n) is 3.68. The van der Waals surface area contributed by atoms with Crippen molar-refractivity contribution in [3.8, 4) is 11.3 Å². The van der Waals surface area contributed by atoms with Crippen LogP contribution in [0.3, 0.4) is 0 Å². The molecular formula is C12H14ClN3O. The maximum Gasteiger partial charge on any atom is 0.0870 e. The lowest BCUT2D eigenvalue weighted by Crippen LogP contribution is -2.07. The van der Waals surface area contributed by atoms with Crippen LogP contribution < -0.4 is 5.73 Å². The molecular weight excluding hydrogens is 238 g/mol. The number of halogens is 1. The van der Waals surface area contributed by atoms with E-state index in [-0.39, 0.29) is 0 Å². The van der Waals surface area contributed by atoms with Gasteiger partial charge < -0.3 is 10.5 Å². The van der Waals surface area contributed by atoms with Crippen LogP contribution in [0.25, 0.3) is 11.3 Å². The standard InChI is InChI=1S/C12H14ClN3O/c1-17-6-5-16-12(11(13)8-15-16)9-3-2-4-10(14)7-9/h2-4,7-8H,5-6,14H2,1H3. The second-order valence-corrected chi connectivity index (χ2v) is 4.09. The summed E-state index contributed by atoms with van der Waals surface area (Å²) in [5.41, 5.74) is 8.31. The van der Waals surface area contributed by atoms with Gasteiger partial charge in [0.1, 0.15) is 0 Å². The Morgan fingerprint density at radius 1 is 1.47 bits per heavy atom. The second kappa shape index (κ2) is 5.21. The van der Waals surface area contributed by atoms with E-state index in [1.54, 1.807) is 13.3 Å². The molecule has 5 heteroatoms. The van der Waals surface area contributed by atoms with Crippen molar-refractivity contribution < 1.29 is 4.74 Å². The van der Waals surface area contributed by atoms with Crippen molar-refractivity contribution in [2.45, 2.75) is 6.54 Å². The largest absolute Gasteiger partial charge is 0.399 e. The van der Waals surface area contributed by atoms with Crippen LogP contribution in [0.4, 0.5) is 5.69 Å². The summed E-state index contributed by atoms with van der Waals surface area (Å²) in [6.45, 7) is 1.25. The number of hydrogen-bond acceptors (Lipinski definition) is 3. The van der Waals surface area contributed by atoms with Crippen LogP contribution in [0.1, 0.15) is 0 Å². The third kappa shape index (κ3) is 2.60. The zero-order chi connectivity index (χ0) is 12.3. The van der Waals surface area contributed by atoms with E-state index < -0.39 is 0 Å². The summed E-state index contributed by atoms with van der Waals surface area (Å²) in [5.74, 6) is 0. The normalized spacial score (nSPS) is 10.7. The fourth-order valence-electron chi connectivity index (χ4n) is 1.68. The quantitative estimate of drug-likeness (QED) is 0.850. The third-order valence-electron chi connectivity index (χ3n) is 2.46. The van der Waals surface area contributed by atoms with Crippen molar-refractivity contribution in [3.63, 3.8) is 0 Å². The lowest BCUT2D eigenvalue weighted by Gasteiger charge is -2.08. The average molecular weight is 252 g/mol. The molecule has 0 amide bonds. The van der Waals surface area contributed by atoms with Gasteiger partial charge in [-0.1, -0.05) is 23.7 Å². The number of nitrogens with two attached hydrogens (primary N) is 1. The van der Waals surface area contributed by atoms with Gasteiger partial charge in [-0.3, -0.25) is 4.68 Å². The number of ether oxygens (including phenoxy) is 1. The summed E-state index contributed by atoms with van der Waals surface area (Å²) >= 11 is 6.15. The van der Waals surface area contributed by atoms with Crippen LogP contribution in [-0.2, 0) is 11.3 Å². The molecule has 0 atom stereocenters. The molecule has 0 fully saturated rings. The minimum Gasteiger partial charge on any atom is -0.399 e. The van der Waals surface area contributed by atoms with Crippen molar-refractivity contribution >= 4 is 17.3 Å². The fourth-order valence-corrected chi connectivity index (χ4v) is 1.93. The topological polar surface area (TPSA) is 53.1 Å². The van der Waals surface area contributed by atoms with Gasteiger partial charge in [0, 0.05) is 18.4 Å².